The number of carbonyl (C=O) groups excluding carboxylic acids is 2. The summed E-state index contributed by atoms with van der Waals surface area (Å²) in [5.41, 5.74) is 2.11. The smallest absolute Gasteiger partial charge is 0.256 e. The summed E-state index contributed by atoms with van der Waals surface area (Å²) in [4.78, 5) is 30.9. The third kappa shape index (κ3) is 4.76. The van der Waals surface area contributed by atoms with Gasteiger partial charge in [-0.25, -0.2) is 4.98 Å². The van der Waals surface area contributed by atoms with Crippen molar-refractivity contribution in [3.05, 3.63) is 80.4 Å². The molecule has 32 heavy (non-hydrogen) atoms. The Morgan fingerprint density at radius 1 is 1.09 bits per heavy atom. The molecule has 2 aromatic carbocycles. The highest BCUT2D eigenvalue weighted by molar-refractivity contribution is 14.1. The van der Waals surface area contributed by atoms with Gasteiger partial charge < -0.3 is 15.0 Å². The predicted octanol–water partition coefficient (Wildman–Crippen LogP) is 5.96. The first-order valence-electron chi connectivity index (χ1n) is 9.76. The number of halogens is 1. The third-order valence-corrected chi connectivity index (χ3v) is 6.57. The van der Waals surface area contributed by atoms with Crippen LogP contribution in [-0.2, 0) is 0 Å². The van der Waals surface area contributed by atoms with Crippen molar-refractivity contribution in [3.63, 3.8) is 0 Å². The minimum atomic E-state index is -0.263. The molecule has 0 saturated carbocycles. The summed E-state index contributed by atoms with van der Waals surface area (Å²) in [7, 11) is 3.44. The van der Waals surface area contributed by atoms with Crippen molar-refractivity contribution in [1.29, 1.82) is 0 Å². The van der Waals surface area contributed by atoms with Crippen molar-refractivity contribution in [3.8, 4) is 11.5 Å². The van der Waals surface area contributed by atoms with Gasteiger partial charge in [0.1, 0.15) is 17.3 Å². The molecule has 0 unspecified atom stereocenters. The van der Waals surface area contributed by atoms with Gasteiger partial charge in [0.15, 0.2) is 0 Å². The minimum absolute atomic E-state index is 0.0648. The summed E-state index contributed by atoms with van der Waals surface area (Å²) in [5, 5.41) is 5.71. The molecular weight excluding hydrogens is 537 g/mol. The van der Waals surface area contributed by atoms with E-state index in [2.05, 4.69) is 32.9 Å². The summed E-state index contributed by atoms with van der Waals surface area (Å²) < 4.78 is 7.90. The average molecular weight is 557 g/mol. The molecule has 0 aliphatic rings. The maximum atomic E-state index is 12.9. The van der Waals surface area contributed by atoms with Crippen molar-refractivity contribution >= 4 is 61.6 Å². The highest BCUT2D eigenvalue weighted by atomic mass is 127. The molecule has 0 saturated heterocycles. The number of aromatic nitrogens is 1. The number of ether oxygens (including phenoxy) is 1. The average Bonchev–Trinajstić information content (AvgIpc) is 3.24. The molecule has 0 aliphatic carbocycles. The van der Waals surface area contributed by atoms with Gasteiger partial charge in [0.25, 0.3) is 11.8 Å². The molecule has 6 nitrogen and oxygen atoms in total. The number of nitrogens with zero attached hydrogens (tertiary/aromatic N) is 2. The van der Waals surface area contributed by atoms with Gasteiger partial charge in [0, 0.05) is 29.4 Å². The van der Waals surface area contributed by atoms with Gasteiger partial charge in [0.2, 0.25) is 0 Å². The van der Waals surface area contributed by atoms with E-state index in [9.17, 15) is 9.59 Å². The number of hydrogen-bond acceptors (Lipinski definition) is 5. The number of benzene rings is 2. The van der Waals surface area contributed by atoms with Gasteiger partial charge in [0.05, 0.1) is 10.3 Å². The van der Waals surface area contributed by atoms with E-state index in [1.807, 2.05) is 36.6 Å². The van der Waals surface area contributed by atoms with Crippen LogP contribution in [0, 0.1) is 10.5 Å². The number of fused-ring (bicyclic) bond motifs is 1. The van der Waals surface area contributed by atoms with Crippen LogP contribution in [0.1, 0.15) is 26.3 Å². The Bertz CT molecular complexity index is 1320. The van der Waals surface area contributed by atoms with Crippen LogP contribution in [0.5, 0.6) is 11.5 Å². The summed E-state index contributed by atoms with van der Waals surface area (Å²) in [6.45, 7) is 1.94. The predicted molar refractivity (Wildman–Crippen MR) is 136 cm³/mol. The number of anilines is 1. The lowest BCUT2D eigenvalue weighted by Crippen LogP contribution is -2.22. The highest BCUT2D eigenvalue weighted by Gasteiger charge is 2.16. The van der Waals surface area contributed by atoms with E-state index in [0.29, 0.717) is 28.4 Å². The van der Waals surface area contributed by atoms with E-state index >= 15 is 0 Å². The second-order valence-corrected chi connectivity index (χ2v) is 9.51. The molecule has 0 atom stereocenters. The fraction of sp³-hybridized carbons (Fsp3) is 0.125. The number of amides is 2. The van der Waals surface area contributed by atoms with Crippen LogP contribution in [0.15, 0.2) is 60.1 Å². The standard InChI is InChI=1S/C24H20IN3O3S/c1-14-4-7-21(26-13-14)27-23(29)16-10-15-8-9-32-22(15)20(11-16)31-17-5-6-18(19(25)12-17)24(30)28(2)3/h4-13H,1-3H3,(H,26,27,29). The van der Waals surface area contributed by atoms with Gasteiger partial charge in [-0.3, -0.25) is 9.59 Å². The number of pyridine rings is 1. The van der Waals surface area contributed by atoms with E-state index in [4.69, 9.17) is 4.74 Å². The van der Waals surface area contributed by atoms with E-state index in [0.717, 1.165) is 19.2 Å². The Morgan fingerprint density at radius 3 is 2.59 bits per heavy atom. The molecule has 0 spiro atoms. The fourth-order valence-electron chi connectivity index (χ4n) is 3.09. The Balaban J connectivity index is 1.63. The molecule has 4 aromatic rings. The molecule has 2 amide bonds. The van der Waals surface area contributed by atoms with Crippen molar-refractivity contribution in [2.75, 3.05) is 19.4 Å². The van der Waals surface area contributed by atoms with E-state index in [1.165, 1.54) is 4.90 Å². The largest absolute Gasteiger partial charge is 0.456 e. The maximum Gasteiger partial charge on any atom is 0.256 e. The van der Waals surface area contributed by atoms with Crippen LogP contribution in [0.25, 0.3) is 10.1 Å². The number of nitrogens with one attached hydrogen (secondary N) is 1. The zero-order valence-corrected chi connectivity index (χ0v) is 20.7. The second kappa shape index (κ2) is 9.25. The van der Waals surface area contributed by atoms with Crippen LogP contribution in [0.2, 0.25) is 0 Å². The first kappa shape index (κ1) is 22.2. The molecule has 0 radical (unpaired) electrons. The molecule has 0 aliphatic heterocycles. The Labute approximate surface area is 203 Å². The van der Waals surface area contributed by atoms with Crippen LogP contribution >= 0.6 is 33.9 Å². The van der Waals surface area contributed by atoms with E-state index in [1.54, 1.807) is 55.9 Å². The summed E-state index contributed by atoms with van der Waals surface area (Å²) in [6.07, 6.45) is 1.71. The third-order valence-electron chi connectivity index (χ3n) is 4.74. The minimum Gasteiger partial charge on any atom is -0.456 e. The molecule has 162 valence electrons. The van der Waals surface area contributed by atoms with Gasteiger partial charge in [-0.15, -0.1) is 11.3 Å². The van der Waals surface area contributed by atoms with E-state index < -0.39 is 0 Å². The molecule has 2 heterocycles. The lowest BCUT2D eigenvalue weighted by Gasteiger charge is -2.14. The SMILES string of the molecule is Cc1ccc(NC(=O)c2cc(Oc3ccc(C(=O)N(C)C)c(I)c3)c3sccc3c2)nc1. The normalized spacial score (nSPS) is 10.8. The maximum absolute atomic E-state index is 12.9. The molecular formula is C24H20IN3O3S. The number of carbonyl (C=O) groups is 2. The molecule has 2 aromatic heterocycles. The zero-order chi connectivity index (χ0) is 22.8. The zero-order valence-electron chi connectivity index (χ0n) is 17.7. The first-order valence-corrected chi connectivity index (χ1v) is 11.7. The van der Waals surface area contributed by atoms with Crippen LogP contribution in [0.4, 0.5) is 5.82 Å². The van der Waals surface area contributed by atoms with Crippen molar-refractivity contribution in [1.82, 2.24) is 9.88 Å². The van der Waals surface area contributed by atoms with Crippen LogP contribution in [0.3, 0.4) is 0 Å². The van der Waals surface area contributed by atoms with E-state index in [-0.39, 0.29) is 11.8 Å². The lowest BCUT2D eigenvalue weighted by molar-refractivity contribution is 0.0826. The van der Waals surface area contributed by atoms with Crippen molar-refractivity contribution in [2.24, 2.45) is 0 Å². The van der Waals surface area contributed by atoms with Gasteiger partial charge >= 0.3 is 0 Å². The topological polar surface area (TPSA) is 71.5 Å². The molecule has 1 N–H and O–H groups in total. The lowest BCUT2D eigenvalue weighted by atomic mass is 10.1. The molecule has 0 bridgehead atoms. The van der Waals surface area contributed by atoms with Gasteiger partial charge in [-0.1, -0.05) is 6.07 Å². The number of thiophene rings is 1. The Kier molecular flexibility index (Phi) is 6.43. The number of aryl methyl sites for hydroxylation is 1. The second-order valence-electron chi connectivity index (χ2n) is 7.43. The van der Waals surface area contributed by atoms with Crippen molar-refractivity contribution in [2.45, 2.75) is 6.92 Å². The molecule has 0 fully saturated rings. The molecule has 8 heteroatoms. The summed E-state index contributed by atoms with van der Waals surface area (Å²) in [5.74, 6) is 1.34. The van der Waals surface area contributed by atoms with Crippen molar-refractivity contribution < 1.29 is 14.3 Å². The fourth-order valence-corrected chi connectivity index (χ4v) is 4.63. The molecule has 4 rings (SSSR count). The van der Waals surface area contributed by atoms with Gasteiger partial charge in [-0.05, 0) is 88.3 Å². The van der Waals surface area contributed by atoms with Crippen LogP contribution in [-0.4, -0.2) is 35.8 Å². The van der Waals surface area contributed by atoms with Gasteiger partial charge in [-0.2, -0.15) is 0 Å². The number of hydrogen-bond donors (Lipinski definition) is 1. The summed E-state index contributed by atoms with van der Waals surface area (Å²) in [6, 6.07) is 14.5. The monoisotopic (exact) mass is 557 g/mol. The summed E-state index contributed by atoms with van der Waals surface area (Å²) >= 11 is 3.67. The highest BCUT2D eigenvalue weighted by Crippen LogP contribution is 2.36. The Hall–Kier alpha value is -2.98. The van der Waals surface area contributed by atoms with Crippen LogP contribution < -0.4 is 10.1 Å². The Morgan fingerprint density at radius 2 is 1.91 bits per heavy atom. The quantitative estimate of drug-likeness (QED) is 0.308. The first-order chi connectivity index (χ1) is 15.3. The number of rotatable bonds is 5.